The van der Waals surface area contributed by atoms with Crippen molar-refractivity contribution in [1.82, 2.24) is 5.32 Å². The smallest absolute Gasteiger partial charge is 0.311 e. The number of carbonyl (C=O) groups excluding carboxylic acids is 3. The van der Waals surface area contributed by atoms with Gasteiger partial charge in [0.15, 0.2) is 0 Å². The molecule has 7 nitrogen and oxygen atoms in total. The van der Waals surface area contributed by atoms with Crippen molar-refractivity contribution < 1.29 is 29.0 Å². The van der Waals surface area contributed by atoms with E-state index in [-0.39, 0.29) is 18.9 Å². The zero-order valence-electron chi connectivity index (χ0n) is 18.7. The van der Waals surface area contributed by atoms with E-state index in [1.54, 1.807) is 62.3 Å². The highest BCUT2D eigenvalue weighted by Crippen LogP contribution is 2.35. The van der Waals surface area contributed by atoms with Gasteiger partial charge in [0.05, 0.1) is 17.4 Å². The van der Waals surface area contributed by atoms with Crippen LogP contribution in [-0.4, -0.2) is 47.8 Å². The summed E-state index contributed by atoms with van der Waals surface area (Å²) in [5, 5.41) is 12.9. The molecule has 0 bridgehead atoms. The molecule has 0 aliphatic heterocycles. The van der Waals surface area contributed by atoms with Gasteiger partial charge in [0.2, 0.25) is 5.91 Å². The Morgan fingerprint density at radius 2 is 1.32 bits per heavy atom. The molecule has 4 atom stereocenters. The van der Waals surface area contributed by atoms with E-state index in [9.17, 15) is 19.5 Å². The molecule has 162 valence electrons. The SMILES string of the molecule is CC(C)(C)C(=O)N[C@@H]1C[C@@H](OC(=O)C(C)(C)C)[C@H](OC(=O)C(C)(C)C)[C@H]1CO. The molecule has 0 spiro atoms. The minimum absolute atomic E-state index is 0.181. The fourth-order valence-electron chi connectivity index (χ4n) is 2.74. The van der Waals surface area contributed by atoms with Gasteiger partial charge in [0.25, 0.3) is 0 Å². The first-order valence-electron chi connectivity index (χ1n) is 9.82. The van der Waals surface area contributed by atoms with Gasteiger partial charge < -0.3 is 19.9 Å². The van der Waals surface area contributed by atoms with Gasteiger partial charge in [-0.25, -0.2) is 0 Å². The lowest BCUT2D eigenvalue weighted by atomic mass is 9.93. The molecular weight excluding hydrogens is 362 g/mol. The van der Waals surface area contributed by atoms with E-state index in [1.165, 1.54) is 0 Å². The molecule has 28 heavy (non-hydrogen) atoms. The topological polar surface area (TPSA) is 102 Å². The van der Waals surface area contributed by atoms with E-state index < -0.39 is 52.4 Å². The Morgan fingerprint density at radius 1 is 0.857 bits per heavy atom. The number of rotatable bonds is 4. The first-order chi connectivity index (χ1) is 12.5. The summed E-state index contributed by atoms with van der Waals surface area (Å²) in [6, 6.07) is -0.465. The normalized spacial score (nSPS) is 25.9. The van der Waals surface area contributed by atoms with Crippen LogP contribution in [0.5, 0.6) is 0 Å². The maximum absolute atomic E-state index is 12.5. The van der Waals surface area contributed by atoms with E-state index in [0.717, 1.165) is 0 Å². The summed E-state index contributed by atoms with van der Waals surface area (Å²) in [5.41, 5.74) is -2.08. The lowest BCUT2D eigenvalue weighted by molar-refractivity contribution is -0.178. The van der Waals surface area contributed by atoms with Crippen molar-refractivity contribution in [3.8, 4) is 0 Å². The number of esters is 2. The van der Waals surface area contributed by atoms with Crippen LogP contribution in [0.25, 0.3) is 0 Å². The number of nitrogens with one attached hydrogen (secondary N) is 1. The Bertz CT molecular complexity index is 593. The van der Waals surface area contributed by atoms with Crippen LogP contribution in [0.2, 0.25) is 0 Å². The van der Waals surface area contributed by atoms with E-state index >= 15 is 0 Å². The monoisotopic (exact) mass is 399 g/mol. The first kappa shape index (κ1) is 24.4. The van der Waals surface area contributed by atoms with Crippen molar-refractivity contribution in [2.45, 2.75) is 87.0 Å². The molecule has 1 aliphatic rings. The van der Waals surface area contributed by atoms with Gasteiger partial charge >= 0.3 is 11.9 Å². The molecule has 1 fully saturated rings. The zero-order chi connectivity index (χ0) is 22.1. The highest BCUT2D eigenvalue weighted by molar-refractivity contribution is 5.82. The molecular formula is C21H37NO6. The predicted molar refractivity (Wildman–Crippen MR) is 105 cm³/mol. The van der Waals surface area contributed by atoms with Crippen molar-refractivity contribution >= 4 is 17.8 Å². The third-order valence-corrected chi connectivity index (χ3v) is 4.73. The first-order valence-corrected chi connectivity index (χ1v) is 9.82. The maximum atomic E-state index is 12.5. The van der Waals surface area contributed by atoms with Gasteiger partial charge in [0.1, 0.15) is 12.2 Å². The minimum Gasteiger partial charge on any atom is -0.458 e. The summed E-state index contributed by atoms with van der Waals surface area (Å²) in [6.07, 6.45) is -1.29. The second-order valence-electron chi connectivity index (χ2n) is 10.7. The van der Waals surface area contributed by atoms with Gasteiger partial charge in [-0.1, -0.05) is 20.8 Å². The van der Waals surface area contributed by atoms with Crippen molar-refractivity contribution in [2.75, 3.05) is 6.61 Å². The minimum atomic E-state index is -0.826. The second kappa shape index (κ2) is 8.39. The Hall–Kier alpha value is -1.63. The molecule has 1 rings (SSSR count). The van der Waals surface area contributed by atoms with E-state index in [0.29, 0.717) is 0 Å². The molecule has 0 radical (unpaired) electrons. The molecule has 1 amide bonds. The van der Waals surface area contributed by atoms with Crippen molar-refractivity contribution in [3.63, 3.8) is 0 Å². The third kappa shape index (κ3) is 6.19. The molecule has 0 aromatic carbocycles. The summed E-state index contributed by atoms with van der Waals surface area (Å²) in [4.78, 5) is 37.3. The lowest BCUT2D eigenvalue weighted by Crippen LogP contribution is -2.46. The Kier molecular flexibility index (Phi) is 7.32. The summed E-state index contributed by atoms with van der Waals surface area (Å²) in [6.45, 7) is 15.5. The average molecular weight is 400 g/mol. The number of hydrogen-bond donors (Lipinski definition) is 2. The lowest BCUT2D eigenvalue weighted by Gasteiger charge is -2.30. The van der Waals surface area contributed by atoms with Gasteiger partial charge in [0, 0.05) is 23.8 Å². The summed E-state index contributed by atoms with van der Waals surface area (Å²) >= 11 is 0. The standard InChI is InChI=1S/C21H37NO6/c1-19(2,3)16(24)22-13-10-14(27-17(25)20(4,5)6)15(12(13)11-23)28-18(26)21(7,8)9/h12-15,23H,10-11H2,1-9H3,(H,22,24)/t12-,13+,14+,15+/m0/s1. The molecule has 0 unspecified atom stereocenters. The number of ether oxygens (including phenoxy) is 2. The van der Waals surface area contributed by atoms with Crippen LogP contribution >= 0.6 is 0 Å². The van der Waals surface area contributed by atoms with Gasteiger partial charge in [-0.15, -0.1) is 0 Å². The van der Waals surface area contributed by atoms with Crippen molar-refractivity contribution in [3.05, 3.63) is 0 Å². The molecule has 0 aromatic heterocycles. The zero-order valence-corrected chi connectivity index (χ0v) is 18.7. The highest BCUT2D eigenvalue weighted by Gasteiger charge is 2.50. The molecule has 2 N–H and O–H groups in total. The highest BCUT2D eigenvalue weighted by atomic mass is 16.6. The van der Waals surface area contributed by atoms with Crippen LogP contribution in [-0.2, 0) is 23.9 Å². The molecule has 1 aliphatic carbocycles. The summed E-state index contributed by atoms with van der Waals surface area (Å²) < 4.78 is 11.3. The molecule has 0 saturated heterocycles. The Labute approximate surface area is 168 Å². The second-order valence-corrected chi connectivity index (χ2v) is 10.7. The van der Waals surface area contributed by atoms with Crippen LogP contribution < -0.4 is 5.32 Å². The van der Waals surface area contributed by atoms with Crippen LogP contribution in [0.3, 0.4) is 0 Å². The van der Waals surface area contributed by atoms with Crippen LogP contribution in [0, 0.1) is 22.2 Å². The maximum Gasteiger partial charge on any atom is 0.311 e. The largest absolute Gasteiger partial charge is 0.458 e. The van der Waals surface area contributed by atoms with Gasteiger partial charge in [-0.2, -0.15) is 0 Å². The average Bonchev–Trinajstić information content (AvgIpc) is 2.80. The quantitative estimate of drug-likeness (QED) is 0.704. The van der Waals surface area contributed by atoms with Crippen LogP contribution in [0.15, 0.2) is 0 Å². The fourth-order valence-corrected chi connectivity index (χ4v) is 2.74. The third-order valence-electron chi connectivity index (χ3n) is 4.73. The molecule has 0 heterocycles. The summed E-state index contributed by atoms with van der Waals surface area (Å²) in [5.74, 6) is -1.61. The molecule has 0 aromatic rings. The number of amides is 1. The number of carbonyl (C=O) groups is 3. The Balaban J connectivity index is 3.13. The van der Waals surface area contributed by atoms with E-state index in [4.69, 9.17) is 9.47 Å². The van der Waals surface area contributed by atoms with E-state index in [1.807, 2.05) is 0 Å². The Morgan fingerprint density at radius 3 is 1.71 bits per heavy atom. The predicted octanol–water partition coefficient (Wildman–Crippen LogP) is 2.45. The van der Waals surface area contributed by atoms with Crippen molar-refractivity contribution in [1.29, 1.82) is 0 Å². The van der Waals surface area contributed by atoms with Crippen LogP contribution in [0.1, 0.15) is 68.7 Å². The van der Waals surface area contributed by atoms with Crippen molar-refractivity contribution in [2.24, 2.45) is 22.2 Å². The number of aliphatic hydroxyl groups is 1. The van der Waals surface area contributed by atoms with Gasteiger partial charge in [-0.05, 0) is 41.5 Å². The molecule has 1 saturated carbocycles. The number of aliphatic hydroxyl groups excluding tert-OH is 1. The number of hydrogen-bond acceptors (Lipinski definition) is 6. The van der Waals surface area contributed by atoms with Crippen LogP contribution in [0.4, 0.5) is 0 Å². The molecule has 7 heteroatoms. The van der Waals surface area contributed by atoms with E-state index in [2.05, 4.69) is 5.32 Å². The van der Waals surface area contributed by atoms with Gasteiger partial charge in [-0.3, -0.25) is 14.4 Å². The fraction of sp³-hybridized carbons (Fsp3) is 0.857. The summed E-state index contributed by atoms with van der Waals surface area (Å²) in [7, 11) is 0.